The van der Waals surface area contributed by atoms with Gasteiger partial charge in [0, 0.05) is 35.6 Å². The summed E-state index contributed by atoms with van der Waals surface area (Å²) in [7, 11) is 0. The number of hydrogen-bond acceptors (Lipinski definition) is 3. The number of imidazole rings is 1. The molecule has 0 bridgehead atoms. The van der Waals surface area contributed by atoms with Crippen LogP contribution >= 0.6 is 11.6 Å². The van der Waals surface area contributed by atoms with Gasteiger partial charge in [0.1, 0.15) is 11.3 Å². The molecule has 0 aliphatic carbocycles. The van der Waals surface area contributed by atoms with Gasteiger partial charge in [-0.15, -0.1) is 0 Å². The fourth-order valence-electron chi connectivity index (χ4n) is 3.11. The molecule has 0 saturated heterocycles. The molecule has 2 aromatic carbocycles. The van der Waals surface area contributed by atoms with E-state index in [1.54, 1.807) is 12.3 Å². The Balaban J connectivity index is 1.47. The molecule has 2 N–H and O–H groups in total. The highest BCUT2D eigenvalue weighted by atomic mass is 35.5. The lowest BCUT2D eigenvalue weighted by Crippen LogP contribution is -2.30. The highest BCUT2D eigenvalue weighted by Gasteiger charge is 2.13. The number of benzene rings is 2. The smallest absolute Gasteiger partial charge is 0.319 e. The SMILES string of the molecule is Cc1ccc(NC(=O)NCCc2nc3cccnc3n2-c2ccccc2)cc1Cl. The molecule has 0 aliphatic heterocycles. The van der Waals surface area contributed by atoms with E-state index < -0.39 is 0 Å². The Hall–Kier alpha value is -3.38. The van der Waals surface area contributed by atoms with E-state index in [4.69, 9.17) is 16.6 Å². The molecule has 2 amide bonds. The summed E-state index contributed by atoms with van der Waals surface area (Å²) < 4.78 is 2.02. The second-order valence-corrected chi connectivity index (χ2v) is 7.05. The van der Waals surface area contributed by atoms with E-state index in [-0.39, 0.29) is 6.03 Å². The van der Waals surface area contributed by atoms with Crippen molar-refractivity contribution in [3.63, 3.8) is 0 Å². The molecule has 0 atom stereocenters. The van der Waals surface area contributed by atoms with Crippen LogP contribution in [0, 0.1) is 6.92 Å². The summed E-state index contributed by atoms with van der Waals surface area (Å²) in [5, 5.41) is 6.28. The Morgan fingerprint density at radius 2 is 1.93 bits per heavy atom. The average Bonchev–Trinajstić information content (AvgIpc) is 3.09. The van der Waals surface area contributed by atoms with Crippen molar-refractivity contribution in [1.82, 2.24) is 19.9 Å². The molecule has 29 heavy (non-hydrogen) atoms. The number of nitrogens with zero attached hydrogens (tertiary/aromatic N) is 3. The van der Waals surface area contributed by atoms with Gasteiger partial charge < -0.3 is 10.6 Å². The molecule has 6 nitrogen and oxygen atoms in total. The zero-order valence-corrected chi connectivity index (χ0v) is 16.6. The maximum atomic E-state index is 12.2. The number of fused-ring (bicyclic) bond motifs is 1. The molecule has 2 aromatic heterocycles. The van der Waals surface area contributed by atoms with Gasteiger partial charge in [0.15, 0.2) is 5.65 Å². The van der Waals surface area contributed by atoms with Crippen molar-refractivity contribution in [2.75, 3.05) is 11.9 Å². The lowest BCUT2D eigenvalue weighted by atomic mass is 10.2. The maximum absolute atomic E-state index is 12.2. The first-order chi connectivity index (χ1) is 14.1. The van der Waals surface area contributed by atoms with Gasteiger partial charge >= 0.3 is 6.03 Å². The fourth-order valence-corrected chi connectivity index (χ4v) is 3.29. The Labute approximate surface area is 173 Å². The van der Waals surface area contributed by atoms with Crippen LogP contribution in [-0.2, 0) is 6.42 Å². The monoisotopic (exact) mass is 405 g/mol. The maximum Gasteiger partial charge on any atom is 0.319 e. The van der Waals surface area contributed by atoms with Gasteiger partial charge in [-0.3, -0.25) is 4.57 Å². The number of para-hydroxylation sites is 1. The van der Waals surface area contributed by atoms with Crippen LogP contribution in [0.25, 0.3) is 16.9 Å². The number of anilines is 1. The van der Waals surface area contributed by atoms with Crippen molar-refractivity contribution >= 4 is 34.5 Å². The summed E-state index contributed by atoms with van der Waals surface area (Å²) in [4.78, 5) is 21.4. The Morgan fingerprint density at radius 3 is 2.72 bits per heavy atom. The normalized spacial score (nSPS) is 10.8. The molecule has 0 saturated carbocycles. The number of carbonyl (C=O) groups excluding carboxylic acids is 1. The van der Waals surface area contributed by atoms with Crippen molar-refractivity contribution in [3.05, 3.63) is 83.3 Å². The number of amides is 2. The second kappa shape index (κ2) is 8.32. The summed E-state index contributed by atoms with van der Waals surface area (Å²) >= 11 is 6.11. The molecule has 146 valence electrons. The van der Waals surface area contributed by atoms with Crippen molar-refractivity contribution in [2.24, 2.45) is 0 Å². The summed E-state index contributed by atoms with van der Waals surface area (Å²) in [6.45, 7) is 2.35. The number of halogens is 1. The van der Waals surface area contributed by atoms with Crippen LogP contribution in [0.3, 0.4) is 0 Å². The molecule has 0 unspecified atom stereocenters. The third kappa shape index (κ3) is 4.22. The number of aryl methyl sites for hydroxylation is 1. The predicted octanol–water partition coefficient (Wildman–Crippen LogP) is 4.75. The first-order valence-corrected chi connectivity index (χ1v) is 9.68. The minimum Gasteiger partial charge on any atom is -0.337 e. The van der Waals surface area contributed by atoms with Gasteiger partial charge in [0.05, 0.1) is 0 Å². The quantitative estimate of drug-likeness (QED) is 0.503. The highest BCUT2D eigenvalue weighted by Crippen LogP contribution is 2.21. The van der Waals surface area contributed by atoms with E-state index in [0.29, 0.717) is 23.7 Å². The lowest BCUT2D eigenvalue weighted by molar-refractivity contribution is 0.252. The molecule has 0 fully saturated rings. The third-order valence-corrected chi connectivity index (χ3v) is 4.97. The van der Waals surface area contributed by atoms with Gasteiger partial charge in [-0.25, -0.2) is 14.8 Å². The van der Waals surface area contributed by atoms with Gasteiger partial charge in [0.2, 0.25) is 0 Å². The van der Waals surface area contributed by atoms with E-state index in [1.807, 2.05) is 66.1 Å². The predicted molar refractivity (Wildman–Crippen MR) is 116 cm³/mol. The van der Waals surface area contributed by atoms with Crippen LogP contribution in [0.1, 0.15) is 11.4 Å². The molecule has 0 radical (unpaired) electrons. The van der Waals surface area contributed by atoms with Crippen molar-refractivity contribution in [2.45, 2.75) is 13.3 Å². The molecular formula is C22H20ClN5O. The van der Waals surface area contributed by atoms with E-state index in [9.17, 15) is 4.79 Å². The molecule has 4 aromatic rings. The van der Waals surface area contributed by atoms with Gasteiger partial charge in [-0.05, 0) is 48.9 Å². The Morgan fingerprint density at radius 1 is 1.10 bits per heavy atom. The number of aromatic nitrogens is 3. The number of hydrogen-bond donors (Lipinski definition) is 2. The highest BCUT2D eigenvalue weighted by molar-refractivity contribution is 6.31. The molecule has 0 spiro atoms. The summed E-state index contributed by atoms with van der Waals surface area (Å²) in [6.07, 6.45) is 2.32. The lowest BCUT2D eigenvalue weighted by Gasteiger charge is -2.10. The molecule has 0 aliphatic rings. The largest absolute Gasteiger partial charge is 0.337 e. The van der Waals surface area contributed by atoms with Crippen molar-refractivity contribution < 1.29 is 4.79 Å². The van der Waals surface area contributed by atoms with E-state index in [1.165, 1.54) is 0 Å². The Kier molecular flexibility index (Phi) is 5.44. The average molecular weight is 406 g/mol. The summed E-state index contributed by atoms with van der Waals surface area (Å²) in [5.74, 6) is 0.837. The number of nitrogens with one attached hydrogen (secondary N) is 2. The minimum atomic E-state index is -0.287. The van der Waals surface area contributed by atoms with Crippen LogP contribution in [0.2, 0.25) is 5.02 Å². The van der Waals surface area contributed by atoms with Crippen molar-refractivity contribution in [3.8, 4) is 5.69 Å². The molecular weight excluding hydrogens is 386 g/mol. The van der Waals surface area contributed by atoms with Crippen LogP contribution in [-0.4, -0.2) is 27.1 Å². The number of pyridine rings is 1. The van der Waals surface area contributed by atoms with E-state index >= 15 is 0 Å². The summed E-state index contributed by atoms with van der Waals surface area (Å²) in [5.41, 5.74) is 4.23. The number of urea groups is 1. The zero-order chi connectivity index (χ0) is 20.2. The van der Waals surface area contributed by atoms with Crippen LogP contribution in [0.4, 0.5) is 10.5 Å². The van der Waals surface area contributed by atoms with Gasteiger partial charge in [-0.2, -0.15) is 0 Å². The first-order valence-electron chi connectivity index (χ1n) is 9.30. The standard InChI is InChI=1S/C22H20ClN5O/c1-15-9-10-16(14-18(15)23)26-22(29)25-13-11-20-27-19-8-5-12-24-21(19)28(20)17-6-3-2-4-7-17/h2-10,12,14H,11,13H2,1H3,(H2,25,26,29). The second-order valence-electron chi connectivity index (χ2n) is 6.64. The fraction of sp³-hybridized carbons (Fsp3) is 0.136. The molecule has 2 heterocycles. The topological polar surface area (TPSA) is 71.8 Å². The van der Waals surface area contributed by atoms with Crippen LogP contribution in [0.5, 0.6) is 0 Å². The van der Waals surface area contributed by atoms with Gasteiger partial charge in [-0.1, -0.05) is 35.9 Å². The summed E-state index contributed by atoms with van der Waals surface area (Å²) in [6, 6.07) is 18.9. The Bertz CT molecular complexity index is 1160. The third-order valence-electron chi connectivity index (χ3n) is 4.56. The molecule has 7 heteroatoms. The number of carbonyl (C=O) groups is 1. The number of rotatable bonds is 5. The van der Waals surface area contributed by atoms with Crippen molar-refractivity contribution in [1.29, 1.82) is 0 Å². The first kappa shape index (κ1) is 19.0. The minimum absolute atomic E-state index is 0.287. The van der Waals surface area contributed by atoms with Crippen LogP contribution in [0.15, 0.2) is 66.9 Å². The zero-order valence-electron chi connectivity index (χ0n) is 15.9. The van der Waals surface area contributed by atoms with E-state index in [0.717, 1.165) is 28.2 Å². The molecule has 4 rings (SSSR count). The van der Waals surface area contributed by atoms with Crippen LogP contribution < -0.4 is 10.6 Å². The van der Waals surface area contributed by atoms with Gasteiger partial charge in [0.25, 0.3) is 0 Å². The van der Waals surface area contributed by atoms with E-state index in [2.05, 4.69) is 15.6 Å².